The topological polar surface area (TPSA) is 111 Å². The Labute approximate surface area is 189 Å². The lowest BCUT2D eigenvalue weighted by atomic mass is 10.2. The Bertz CT molecular complexity index is 1120. The first kappa shape index (κ1) is 23.2. The van der Waals surface area contributed by atoms with Crippen LogP contribution in [0.3, 0.4) is 0 Å². The van der Waals surface area contributed by atoms with Crippen LogP contribution in [-0.4, -0.2) is 46.0 Å². The largest absolute Gasteiger partial charge is 0.495 e. The number of rotatable bonds is 7. The number of thioether (sulfide) groups is 1. The zero-order valence-corrected chi connectivity index (χ0v) is 19.2. The van der Waals surface area contributed by atoms with Crippen LogP contribution in [0.5, 0.6) is 11.5 Å². The van der Waals surface area contributed by atoms with Crippen LogP contribution in [-0.2, 0) is 19.4 Å². The minimum Gasteiger partial charge on any atom is -0.495 e. The van der Waals surface area contributed by atoms with Crippen molar-refractivity contribution in [2.24, 2.45) is 0 Å². The van der Waals surface area contributed by atoms with E-state index in [0.717, 1.165) is 4.90 Å². The summed E-state index contributed by atoms with van der Waals surface area (Å²) in [5.74, 6) is 0.271. The second-order valence-electron chi connectivity index (χ2n) is 6.61. The molecule has 11 heteroatoms. The number of hydrogen-bond acceptors (Lipinski definition) is 7. The number of carbonyl (C=O) groups is 2. The standard InChI is InChI=1S/C20H21ClN2O6S2/c1-28-16-11-17(29-2)14(10-13(16)21)22-20(25)6-8-31(26,27)12-3-4-18-15(9-12)23-19(24)5-7-30-18/h3-4,9-11H,5-8H2,1-2H3,(H,22,25)(H,23,24). The van der Waals surface area contributed by atoms with Crippen molar-refractivity contribution in [3.8, 4) is 11.5 Å². The Hall–Kier alpha value is -2.43. The molecule has 0 unspecified atom stereocenters. The molecule has 8 nitrogen and oxygen atoms in total. The van der Waals surface area contributed by atoms with E-state index in [1.54, 1.807) is 6.07 Å². The van der Waals surface area contributed by atoms with Crippen molar-refractivity contribution >= 4 is 56.4 Å². The first-order valence-electron chi connectivity index (χ1n) is 9.24. The predicted molar refractivity (Wildman–Crippen MR) is 120 cm³/mol. The number of carbonyl (C=O) groups excluding carboxylic acids is 2. The van der Waals surface area contributed by atoms with E-state index in [-0.39, 0.29) is 22.2 Å². The van der Waals surface area contributed by atoms with E-state index in [2.05, 4.69) is 10.6 Å². The number of fused-ring (bicyclic) bond motifs is 1. The Morgan fingerprint density at radius 2 is 1.94 bits per heavy atom. The number of methoxy groups -OCH3 is 2. The van der Waals surface area contributed by atoms with Gasteiger partial charge in [-0.3, -0.25) is 9.59 Å². The third kappa shape index (κ3) is 5.63. The number of halogens is 1. The van der Waals surface area contributed by atoms with Crippen LogP contribution in [0.25, 0.3) is 0 Å². The Morgan fingerprint density at radius 1 is 1.19 bits per heavy atom. The minimum absolute atomic E-state index is 0.0481. The first-order valence-corrected chi connectivity index (χ1v) is 12.3. The maximum Gasteiger partial charge on any atom is 0.225 e. The van der Waals surface area contributed by atoms with Gasteiger partial charge in [-0.25, -0.2) is 8.42 Å². The Kier molecular flexibility index (Phi) is 7.34. The molecule has 0 saturated carbocycles. The van der Waals surface area contributed by atoms with Gasteiger partial charge in [0.1, 0.15) is 11.5 Å². The minimum atomic E-state index is -3.74. The van der Waals surface area contributed by atoms with Crippen molar-refractivity contribution in [3.05, 3.63) is 35.4 Å². The molecule has 0 aliphatic carbocycles. The quantitative estimate of drug-likeness (QED) is 0.617. The molecule has 1 aliphatic heterocycles. The third-order valence-electron chi connectivity index (χ3n) is 4.52. The highest BCUT2D eigenvalue weighted by atomic mass is 35.5. The van der Waals surface area contributed by atoms with Crippen molar-refractivity contribution in [2.75, 3.05) is 36.4 Å². The lowest BCUT2D eigenvalue weighted by Crippen LogP contribution is -2.18. The number of anilines is 2. The second kappa shape index (κ2) is 9.80. The van der Waals surface area contributed by atoms with Gasteiger partial charge >= 0.3 is 0 Å². The fourth-order valence-corrected chi connectivity index (χ4v) is 5.35. The highest BCUT2D eigenvalue weighted by molar-refractivity contribution is 7.99. The van der Waals surface area contributed by atoms with Gasteiger partial charge in [0.05, 0.1) is 41.3 Å². The van der Waals surface area contributed by atoms with Crippen molar-refractivity contribution < 1.29 is 27.5 Å². The summed E-state index contributed by atoms with van der Waals surface area (Å²) in [6, 6.07) is 7.59. The van der Waals surface area contributed by atoms with Crippen LogP contribution in [0, 0.1) is 0 Å². The molecule has 1 aliphatic rings. The molecule has 0 saturated heterocycles. The van der Waals surface area contributed by atoms with Gasteiger partial charge in [-0.1, -0.05) is 11.6 Å². The van der Waals surface area contributed by atoms with Crippen molar-refractivity contribution in [1.29, 1.82) is 0 Å². The Morgan fingerprint density at radius 3 is 2.65 bits per heavy atom. The first-order chi connectivity index (χ1) is 14.7. The molecule has 2 aromatic carbocycles. The number of hydrogen-bond donors (Lipinski definition) is 2. The second-order valence-corrected chi connectivity index (χ2v) is 10.3. The molecule has 0 bridgehead atoms. The molecule has 1 heterocycles. The average Bonchev–Trinajstić information content (AvgIpc) is 2.92. The molecule has 3 rings (SSSR count). The molecule has 2 N–H and O–H groups in total. The molecule has 31 heavy (non-hydrogen) atoms. The van der Waals surface area contributed by atoms with Crippen LogP contribution < -0.4 is 20.1 Å². The van der Waals surface area contributed by atoms with Crippen LogP contribution in [0.1, 0.15) is 12.8 Å². The third-order valence-corrected chi connectivity index (χ3v) is 7.60. The summed E-state index contributed by atoms with van der Waals surface area (Å²) in [7, 11) is -0.860. The van der Waals surface area contributed by atoms with Crippen LogP contribution in [0.4, 0.5) is 11.4 Å². The van der Waals surface area contributed by atoms with Crippen molar-refractivity contribution in [1.82, 2.24) is 0 Å². The number of benzene rings is 2. The van der Waals surface area contributed by atoms with Crippen LogP contribution in [0.15, 0.2) is 40.1 Å². The molecule has 0 atom stereocenters. The summed E-state index contributed by atoms with van der Waals surface area (Å²) in [5.41, 5.74) is 0.774. The summed E-state index contributed by atoms with van der Waals surface area (Å²) in [6.45, 7) is 0. The van der Waals surface area contributed by atoms with Gasteiger partial charge in [-0.2, -0.15) is 0 Å². The molecule has 2 amide bonds. The maximum atomic E-state index is 12.7. The predicted octanol–water partition coefficient (Wildman–Crippen LogP) is 3.59. The van der Waals surface area contributed by atoms with Gasteiger partial charge in [0.15, 0.2) is 9.84 Å². The number of amides is 2. The number of sulfone groups is 1. The summed E-state index contributed by atoms with van der Waals surface area (Å²) in [5, 5.41) is 5.61. The van der Waals surface area contributed by atoms with Gasteiger partial charge < -0.3 is 20.1 Å². The highest BCUT2D eigenvalue weighted by Crippen LogP contribution is 2.36. The molecule has 2 aromatic rings. The van der Waals surface area contributed by atoms with E-state index >= 15 is 0 Å². The van der Waals surface area contributed by atoms with Gasteiger partial charge in [0, 0.05) is 29.6 Å². The highest BCUT2D eigenvalue weighted by Gasteiger charge is 2.21. The van der Waals surface area contributed by atoms with Crippen molar-refractivity contribution in [3.63, 3.8) is 0 Å². The summed E-state index contributed by atoms with van der Waals surface area (Å²) < 4.78 is 35.8. The van der Waals surface area contributed by atoms with Crippen LogP contribution in [0.2, 0.25) is 5.02 Å². The summed E-state index contributed by atoms with van der Waals surface area (Å²) in [4.78, 5) is 25.0. The molecule has 0 fully saturated rings. The average molecular weight is 485 g/mol. The van der Waals surface area contributed by atoms with Crippen molar-refractivity contribution in [2.45, 2.75) is 22.6 Å². The Balaban J connectivity index is 1.70. The van der Waals surface area contributed by atoms with E-state index < -0.39 is 21.5 Å². The zero-order valence-electron chi connectivity index (χ0n) is 16.9. The summed E-state index contributed by atoms with van der Waals surface area (Å²) >= 11 is 7.58. The molecular weight excluding hydrogens is 464 g/mol. The SMILES string of the molecule is COc1cc(OC)c(NC(=O)CCS(=O)(=O)c2ccc3c(c2)NC(=O)CCS3)cc1Cl. The lowest BCUT2D eigenvalue weighted by Gasteiger charge is -2.13. The summed E-state index contributed by atoms with van der Waals surface area (Å²) in [6.07, 6.45) is 0.0910. The fourth-order valence-electron chi connectivity index (χ4n) is 2.91. The fraction of sp³-hybridized carbons (Fsp3) is 0.300. The van der Waals surface area contributed by atoms with E-state index in [1.807, 2.05) is 0 Å². The van der Waals surface area contributed by atoms with E-state index in [9.17, 15) is 18.0 Å². The van der Waals surface area contributed by atoms with Gasteiger partial charge in [-0.15, -0.1) is 11.8 Å². The van der Waals surface area contributed by atoms with Gasteiger partial charge in [0.2, 0.25) is 11.8 Å². The molecule has 0 radical (unpaired) electrons. The number of ether oxygens (including phenoxy) is 2. The molecule has 0 aromatic heterocycles. The normalized spacial score (nSPS) is 13.6. The molecule has 166 valence electrons. The smallest absolute Gasteiger partial charge is 0.225 e. The monoisotopic (exact) mass is 484 g/mol. The van der Waals surface area contributed by atoms with Crippen LogP contribution >= 0.6 is 23.4 Å². The van der Waals surface area contributed by atoms with E-state index in [4.69, 9.17) is 21.1 Å². The van der Waals surface area contributed by atoms with E-state index in [0.29, 0.717) is 35.0 Å². The maximum absolute atomic E-state index is 12.7. The number of nitrogens with one attached hydrogen (secondary N) is 2. The van der Waals surface area contributed by atoms with Gasteiger partial charge in [-0.05, 0) is 24.3 Å². The lowest BCUT2D eigenvalue weighted by molar-refractivity contribution is -0.116. The zero-order chi connectivity index (χ0) is 22.6. The molecule has 0 spiro atoms. The van der Waals surface area contributed by atoms with Gasteiger partial charge in [0.25, 0.3) is 0 Å². The molecular formula is C20H21ClN2O6S2. The van der Waals surface area contributed by atoms with E-state index in [1.165, 1.54) is 50.2 Å².